The van der Waals surface area contributed by atoms with Crippen molar-refractivity contribution in [1.29, 1.82) is 0 Å². The number of anilines is 1. The molecular weight excluding hydrogens is 304 g/mol. The Balaban J connectivity index is 2.33. The molecule has 20 heavy (non-hydrogen) atoms. The fourth-order valence-electron chi connectivity index (χ4n) is 1.75. The summed E-state index contributed by atoms with van der Waals surface area (Å²) in [6.07, 6.45) is 0. The minimum absolute atomic E-state index is 0.0137. The van der Waals surface area contributed by atoms with Gasteiger partial charge in [0, 0.05) is 5.56 Å². The lowest BCUT2D eigenvalue weighted by molar-refractivity contribution is 0.102. The molecule has 0 heterocycles. The van der Waals surface area contributed by atoms with Crippen molar-refractivity contribution in [1.82, 2.24) is 0 Å². The Hall–Kier alpha value is -1.78. The van der Waals surface area contributed by atoms with Gasteiger partial charge in [-0.1, -0.05) is 23.2 Å². The molecule has 0 spiro atoms. The Morgan fingerprint density at radius 3 is 2.35 bits per heavy atom. The molecule has 0 aromatic heterocycles. The van der Waals surface area contributed by atoms with Crippen LogP contribution in [0.1, 0.15) is 15.9 Å². The van der Waals surface area contributed by atoms with E-state index in [1.807, 2.05) is 0 Å². The number of amides is 1. The minimum atomic E-state index is -0.584. The second-order valence-corrected chi connectivity index (χ2v) is 5.01. The summed E-state index contributed by atoms with van der Waals surface area (Å²) < 4.78 is 13.1. The van der Waals surface area contributed by atoms with Crippen LogP contribution in [-0.4, -0.2) is 11.0 Å². The molecule has 0 aliphatic carbocycles. The van der Waals surface area contributed by atoms with Crippen molar-refractivity contribution in [3.05, 3.63) is 57.3 Å². The van der Waals surface area contributed by atoms with Gasteiger partial charge in [0.25, 0.3) is 5.91 Å². The molecule has 2 N–H and O–H groups in total. The third-order valence-electron chi connectivity index (χ3n) is 2.70. The third-order valence-corrected chi connectivity index (χ3v) is 3.30. The van der Waals surface area contributed by atoms with Crippen molar-refractivity contribution in [2.75, 3.05) is 5.32 Å². The summed E-state index contributed by atoms with van der Waals surface area (Å²) in [6.45, 7) is 1.68. The molecule has 0 aliphatic rings. The first-order valence-corrected chi connectivity index (χ1v) is 6.39. The van der Waals surface area contributed by atoms with Gasteiger partial charge in [-0.25, -0.2) is 4.39 Å². The topological polar surface area (TPSA) is 49.3 Å². The monoisotopic (exact) mass is 313 g/mol. The molecule has 3 nitrogen and oxygen atoms in total. The van der Waals surface area contributed by atoms with Crippen molar-refractivity contribution in [3.63, 3.8) is 0 Å². The smallest absolute Gasteiger partial charge is 0.256 e. The van der Waals surface area contributed by atoms with Crippen LogP contribution in [0.2, 0.25) is 10.0 Å². The first-order valence-electron chi connectivity index (χ1n) is 5.64. The molecule has 0 bridgehead atoms. The van der Waals surface area contributed by atoms with Gasteiger partial charge in [0.1, 0.15) is 11.6 Å². The van der Waals surface area contributed by atoms with Crippen LogP contribution in [0.5, 0.6) is 5.75 Å². The highest BCUT2D eigenvalue weighted by molar-refractivity contribution is 6.40. The average Bonchev–Trinajstić information content (AvgIpc) is 2.33. The van der Waals surface area contributed by atoms with Crippen LogP contribution >= 0.6 is 23.2 Å². The summed E-state index contributed by atoms with van der Waals surface area (Å²) in [5, 5.41) is 11.9. The zero-order valence-corrected chi connectivity index (χ0v) is 11.9. The second-order valence-electron chi connectivity index (χ2n) is 4.20. The number of rotatable bonds is 2. The highest BCUT2D eigenvalue weighted by Crippen LogP contribution is 2.32. The van der Waals surface area contributed by atoms with Crippen molar-refractivity contribution < 1.29 is 14.3 Å². The van der Waals surface area contributed by atoms with Gasteiger partial charge in [-0.3, -0.25) is 4.79 Å². The number of hydrogen-bond donors (Lipinski definition) is 2. The van der Waals surface area contributed by atoms with Crippen LogP contribution in [0.3, 0.4) is 0 Å². The van der Waals surface area contributed by atoms with E-state index >= 15 is 0 Å². The zero-order chi connectivity index (χ0) is 14.9. The van der Waals surface area contributed by atoms with Gasteiger partial charge in [-0.2, -0.15) is 0 Å². The van der Waals surface area contributed by atoms with Gasteiger partial charge >= 0.3 is 0 Å². The molecule has 2 aromatic rings. The third kappa shape index (κ3) is 3.03. The van der Waals surface area contributed by atoms with Crippen molar-refractivity contribution in [2.45, 2.75) is 6.92 Å². The van der Waals surface area contributed by atoms with E-state index in [1.54, 1.807) is 6.92 Å². The number of aromatic hydroxyl groups is 1. The van der Waals surface area contributed by atoms with Gasteiger partial charge in [-0.15, -0.1) is 0 Å². The van der Waals surface area contributed by atoms with Crippen LogP contribution < -0.4 is 5.32 Å². The highest BCUT2D eigenvalue weighted by Gasteiger charge is 2.15. The van der Waals surface area contributed by atoms with E-state index in [1.165, 1.54) is 18.2 Å². The maximum Gasteiger partial charge on any atom is 0.256 e. The lowest BCUT2D eigenvalue weighted by atomic mass is 10.1. The summed E-state index contributed by atoms with van der Waals surface area (Å²) >= 11 is 11.7. The number of carbonyl (C=O) groups excluding carboxylic acids is 1. The fourth-order valence-corrected chi connectivity index (χ4v) is 2.30. The number of halogens is 3. The molecule has 0 radical (unpaired) electrons. The highest BCUT2D eigenvalue weighted by atomic mass is 35.5. The van der Waals surface area contributed by atoms with Crippen molar-refractivity contribution in [3.8, 4) is 5.75 Å². The molecule has 2 aromatic carbocycles. The summed E-state index contributed by atoms with van der Waals surface area (Å²) in [5.41, 5.74) is 1.10. The zero-order valence-electron chi connectivity index (χ0n) is 10.4. The van der Waals surface area contributed by atoms with E-state index in [4.69, 9.17) is 23.2 Å². The molecule has 0 saturated carbocycles. The molecule has 2 rings (SSSR count). The standard InChI is InChI=1S/C14H10Cl2FNO2/c1-7-4-9(19)2-3-10(7)14(20)18-13-11(15)5-8(17)6-12(13)16/h2-6,19H,1H3,(H,18,20). The van der Waals surface area contributed by atoms with E-state index in [0.29, 0.717) is 11.1 Å². The molecule has 0 unspecified atom stereocenters. The number of phenolic OH excluding ortho intramolecular Hbond substituents is 1. The van der Waals surface area contributed by atoms with Gasteiger partial charge in [0.2, 0.25) is 0 Å². The van der Waals surface area contributed by atoms with Crippen molar-refractivity contribution in [2.24, 2.45) is 0 Å². The van der Waals surface area contributed by atoms with Gasteiger partial charge in [0.05, 0.1) is 15.7 Å². The summed E-state index contributed by atoms with van der Waals surface area (Å²) in [7, 11) is 0. The normalized spacial score (nSPS) is 10.4. The largest absolute Gasteiger partial charge is 0.508 e. The Bertz CT molecular complexity index is 666. The molecular formula is C14H10Cl2FNO2. The van der Waals surface area contributed by atoms with Crippen LogP contribution in [0.4, 0.5) is 10.1 Å². The quantitative estimate of drug-likeness (QED) is 0.863. The molecule has 0 fully saturated rings. The molecule has 6 heteroatoms. The summed E-state index contributed by atoms with van der Waals surface area (Å²) in [5.74, 6) is -0.964. The lowest BCUT2D eigenvalue weighted by Crippen LogP contribution is -2.14. The van der Waals surface area contributed by atoms with Crippen LogP contribution in [0.15, 0.2) is 30.3 Å². The molecule has 0 aliphatic heterocycles. The number of hydrogen-bond acceptors (Lipinski definition) is 2. The molecule has 0 atom stereocenters. The second kappa shape index (κ2) is 5.69. The van der Waals surface area contributed by atoms with Gasteiger partial charge in [0.15, 0.2) is 0 Å². The van der Waals surface area contributed by atoms with Gasteiger partial charge in [-0.05, 0) is 42.8 Å². The van der Waals surface area contributed by atoms with Crippen LogP contribution in [0, 0.1) is 12.7 Å². The molecule has 0 saturated heterocycles. The number of benzene rings is 2. The van der Waals surface area contributed by atoms with E-state index in [2.05, 4.69) is 5.32 Å². The number of nitrogens with one attached hydrogen (secondary N) is 1. The lowest BCUT2D eigenvalue weighted by Gasteiger charge is -2.11. The Morgan fingerprint density at radius 2 is 1.80 bits per heavy atom. The maximum atomic E-state index is 13.1. The average molecular weight is 314 g/mol. The molecule has 104 valence electrons. The fraction of sp³-hybridized carbons (Fsp3) is 0.0714. The predicted octanol–water partition coefficient (Wildman–Crippen LogP) is 4.40. The Morgan fingerprint density at radius 1 is 1.20 bits per heavy atom. The minimum Gasteiger partial charge on any atom is -0.508 e. The summed E-state index contributed by atoms with van der Waals surface area (Å²) in [6, 6.07) is 6.46. The number of aryl methyl sites for hydroxylation is 1. The van der Waals surface area contributed by atoms with Gasteiger partial charge < -0.3 is 10.4 Å². The Labute approximate surface area is 124 Å². The van der Waals surface area contributed by atoms with Crippen molar-refractivity contribution >= 4 is 34.8 Å². The van der Waals surface area contributed by atoms with E-state index in [0.717, 1.165) is 12.1 Å². The predicted molar refractivity (Wildman–Crippen MR) is 77.2 cm³/mol. The van der Waals surface area contributed by atoms with E-state index in [9.17, 15) is 14.3 Å². The SMILES string of the molecule is Cc1cc(O)ccc1C(=O)Nc1c(Cl)cc(F)cc1Cl. The van der Waals surface area contributed by atoms with Crippen LogP contribution in [-0.2, 0) is 0 Å². The Kier molecular flexibility index (Phi) is 4.16. The number of phenols is 1. The van der Waals surface area contributed by atoms with Crippen LogP contribution in [0.25, 0.3) is 0 Å². The first-order chi connectivity index (χ1) is 9.38. The molecule has 1 amide bonds. The maximum absolute atomic E-state index is 13.1. The van der Waals surface area contributed by atoms with E-state index in [-0.39, 0.29) is 21.5 Å². The van der Waals surface area contributed by atoms with E-state index < -0.39 is 11.7 Å². The summed E-state index contributed by atoms with van der Waals surface area (Å²) in [4.78, 5) is 12.1. The first kappa shape index (κ1) is 14.6. The number of carbonyl (C=O) groups is 1.